The monoisotopic (exact) mass is 271 g/mol. The highest BCUT2D eigenvalue weighted by molar-refractivity contribution is 7.11. The van der Waals surface area contributed by atoms with Crippen LogP contribution in [0.2, 0.25) is 0 Å². The molecular weight excluding hydrogens is 258 g/mol. The molecular formula is C15H13NO2S. The number of methoxy groups -OCH3 is 2. The van der Waals surface area contributed by atoms with E-state index in [1.54, 1.807) is 14.2 Å². The molecule has 0 saturated carbocycles. The van der Waals surface area contributed by atoms with Crippen molar-refractivity contribution in [3.8, 4) is 17.6 Å². The van der Waals surface area contributed by atoms with E-state index in [1.807, 2.05) is 41.8 Å². The lowest BCUT2D eigenvalue weighted by Crippen LogP contribution is -1.90. The van der Waals surface area contributed by atoms with Crippen LogP contribution < -0.4 is 9.47 Å². The average molecular weight is 271 g/mol. The molecule has 1 aromatic carbocycles. The van der Waals surface area contributed by atoms with Gasteiger partial charge in [-0.25, -0.2) is 0 Å². The molecule has 3 nitrogen and oxygen atoms in total. The predicted molar refractivity (Wildman–Crippen MR) is 77.3 cm³/mol. The van der Waals surface area contributed by atoms with E-state index in [0.29, 0.717) is 11.3 Å². The summed E-state index contributed by atoms with van der Waals surface area (Å²) in [5.74, 6) is 1.45. The van der Waals surface area contributed by atoms with Crippen molar-refractivity contribution in [1.29, 1.82) is 5.26 Å². The van der Waals surface area contributed by atoms with Gasteiger partial charge in [0.15, 0.2) is 0 Å². The third kappa shape index (κ3) is 2.95. The quantitative estimate of drug-likeness (QED) is 0.794. The molecule has 1 aromatic heterocycles. The summed E-state index contributed by atoms with van der Waals surface area (Å²) in [4.78, 5) is 0.937. The summed E-state index contributed by atoms with van der Waals surface area (Å²) < 4.78 is 10.5. The predicted octanol–water partition coefficient (Wildman–Crippen LogP) is 3.83. The van der Waals surface area contributed by atoms with Crippen LogP contribution in [0.25, 0.3) is 11.6 Å². The molecule has 1 heterocycles. The van der Waals surface area contributed by atoms with Crippen molar-refractivity contribution in [2.24, 2.45) is 0 Å². The van der Waals surface area contributed by atoms with Crippen molar-refractivity contribution in [3.63, 3.8) is 0 Å². The van der Waals surface area contributed by atoms with Gasteiger partial charge in [0.1, 0.15) is 17.6 Å². The molecule has 0 spiro atoms. The molecule has 0 unspecified atom stereocenters. The van der Waals surface area contributed by atoms with Gasteiger partial charge < -0.3 is 9.47 Å². The normalized spacial score (nSPS) is 10.9. The molecule has 2 rings (SSSR count). The molecule has 0 N–H and O–H groups in total. The fourth-order valence-corrected chi connectivity index (χ4v) is 2.39. The van der Waals surface area contributed by atoms with Gasteiger partial charge in [-0.3, -0.25) is 0 Å². The number of thiophene rings is 1. The van der Waals surface area contributed by atoms with Gasteiger partial charge in [-0.15, -0.1) is 11.3 Å². The molecule has 0 bridgehead atoms. The van der Waals surface area contributed by atoms with E-state index in [0.717, 1.165) is 16.2 Å². The van der Waals surface area contributed by atoms with Gasteiger partial charge in [-0.1, -0.05) is 6.07 Å². The topological polar surface area (TPSA) is 42.2 Å². The van der Waals surface area contributed by atoms with Crippen molar-refractivity contribution < 1.29 is 9.47 Å². The van der Waals surface area contributed by atoms with E-state index in [-0.39, 0.29) is 0 Å². The molecule has 0 aliphatic heterocycles. The standard InChI is InChI=1S/C15H13NO2S/c1-17-13-5-6-14(18-2)11(9-13)8-12(10-16)15-4-3-7-19-15/h3-9H,1-2H3/b12-8+. The summed E-state index contributed by atoms with van der Waals surface area (Å²) in [5.41, 5.74) is 1.44. The minimum absolute atomic E-state index is 0.613. The van der Waals surface area contributed by atoms with Crippen LogP contribution in [0.15, 0.2) is 35.7 Å². The van der Waals surface area contributed by atoms with Gasteiger partial charge in [0, 0.05) is 10.4 Å². The number of ether oxygens (including phenoxy) is 2. The van der Waals surface area contributed by atoms with Gasteiger partial charge >= 0.3 is 0 Å². The number of hydrogen-bond donors (Lipinski definition) is 0. The summed E-state index contributed by atoms with van der Waals surface area (Å²) >= 11 is 1.54. The number of allylic oxidation sites excluding steroid dienone is 1. The Bertz CT molecular complexity index is 624. The second-order valence-electron chi connectivity index (χ2n) is 3.75. The number of hydrogen-bond acceptors (Lipinski definition) is 4. The minimum Gasteiger partial charge on any atom is -0.497 e. The first kappa shape index (κ1) is 13.2. The molecule has 0 aliphatic carbocycles. The zero-order chi connectivity index (χ0) is 13.7. The molecule has 2 aromatic rings. The Hall–Kier alpha value is -2.25. The number of benzene rings is 1. The molecule has 0 atom stereocenters. The highest BCUT2D eigenvalue weighted by Crippen LogP contribution is 2.29. The molecule has 4 heteroatoms. The van der Waals surface area contributed by atoms with Gasteiger partial charge in [0.25, 0.3) is 0 Å². The van der Waals surface area contributed by atoms with Gasteiger partial charge in [-0.2, -0.15) is 5.26 Å². The Labute approximate surface area is 116 Å². The number of rotatable bonds is 4. The summed E-state index contributed by atoms with van der Waals surface area (Å²) in [5, 5.41) is 11.2. The van der Waals surface area contributed by atoms with Crippen molar-refractivity contribution in [2.75, 3.05) is 14.2 Å². The largest absolute Gasteiger partial charge is 0.497 e. The molecule has 0 saturated heterocycles. The van der Waals surface area contributed by atoms with E-state index in [1.165, 1.54) is 11.3 Å². The Morgan fingerprint density at radius 3 is 2.68 bits per heavy atom. The smallest absolute Gasteiger partial charge is 0.126 e. The number of nitriles is 1. The van der Waals surface area contributed by atoms with Crippen molar-refractivity contribution in [2.45, 2.75) is 0 Å². The number of nitrogens with zero attached hydrogens (tertiary/aromatic N) is 1. The maximum absolute atomic E-state index is 9.27. The van der Waals surface area contributed by atoms with Crippen LogP contribution in [0.5, 0.6) is 11.5 Å². The maximum atomic E-state index is 9.27. The van der Waals surface area contributed by atoms with Crippen LogP contribution in [0.3, 0.4) is 0 Å². The SMILES string of the molecule is COc1ccc(OC)c(/C=C(\C#N)c2cccs2)c1. The first-order valence-corrected chi connectivity index (χ1v) is 6.54. The van der Waals surface area contributed by atoms with Crippen LogP contribution in [-0.2, 0) is 0 Å². The summed E-state index contributed by atoms with van der Waals surface area (Å²) in [7, 11) is 3.22. The lowest BCUT2D eigenvalue weighted by atomic mass is 10.1. The third-order valence-electron chi connectivity index (χ3n) is 2.64. The fraction of sp³-hybridized carbons (Fsp3) is 0.133. The Balaban J connectivity index is 2.48. The molecule has 0 aliphatic rings. The van der Waals surface area contributed by atoms with Crippen LogP contribution in [0, 0.1) is 11.3 Å². The molecule has 0 amide bonds. The average Bonchev–Trinajstić information content (AvgIpc) is 2.98. The molecule has 96 valence electrons. The fourth-order valence-electron chi connectivity index (χ4n) is 1.70. The van der Waals surface area contributed by atoms with E-state index >= 15 is 0 Å². The lowest BCUT2D eigenvalue weighted by Gasteiger charge is -2.07. The third-order valence-corrected chi connectivity index (χ3v) is 3.55. The molecule has 0 fully saturated rings. The Kier molecular flexibility index (Phi) is 4.22. The van der Waals surface area contributed by atoms with E-state index in [4.69, 9.17) is 9.47 Å². The van der Waals surface area contributed by atoms with E-state index in [9.17, 15) is 5.26 Å². The van der Waals surface area contributed by atoms with E-state index in [2.05, 4.69) is 6.07 Å². The van der Waals surface area contributed by atoms with Crippen molar-refractivity contribution >= 4 is 23.0 Å². The molecule has 19 heavy (non-hydrogen) atoms. The zero-order valence-electron chi connectivity index (χ0n) is 10.7. The summed E-state index contributed by atoms with van der Waals surface area (Å²) in [6.07, 6.45) is 1.81. The van der Waals surface area contributed by atoms with Crippen LogP contribution in [0.4, 0.5) is 0 Å². The summed E-state index contributed by atoms with van der Waals surface area (Å²) in [6.45, 7) is 0. The highest BCUT2D eigenvalue weighted by Gasteiger charge is 2.07. The second-order valence-corrected chi connectivity index (χ2v) is 4.70. The van der Waals surface area contributed by atoms with Gasteiger partial charge in [-0.05, 0) is 35.7 Å². The second kappa shape index (κ2) is 6.07. The molecule has 0 radical (unpaired) electrons. The van der Waals surface area contributed by atoms with Crippen LogP contribution in [0.1, 0.15) is 10.4 Å². The van der Waals surface area contributed by atoms with Crippen molar-refractivity contribution in [3.05, 3.63) is 46.2 Å². The van der Waals surface area contributed by atoms with Crippen LogP contribution >= 0.6 is 11.3 Å². The highest BCUT2D eigenvalue weighted by atomic mass is 32.1. The Morgan fingerprint density at radius 1 is 1.26 bits per heavy atom. The van der Waals surface area contributed by atoms with E-state index < -0.39 is 0 Å². The van der Waals surface area contributed by atoms with Crippen molar-refractivity contribution in [1.82, 2.24) is 0 Å². The van der Waals surface area contributed by atoms with Gasteiger partial charge in [0.05, 0.1) is 19.8 Å². The minimum atomic E-state index is 0.613. The maximum Gasteiger partial charge on any atom is 0.126 e. The zero-order valence-corrected chi connectivity index (χ0v) is 11.5. The first-order valence-electron chi connectivity index (χ1n) is 5.66. The Morgan fingerprint density at radius 2 is 2.11 bits per heavy atom. The van der Waals surface area contributed by atoms with Gasteiger partial charge in [0.2, 0.25) is 0 Å². The first-order chi connectivity index (χ1) is 9.28. The lowest BCUT2D eigenvalue weighted by molar-refractivity contribution is 0.402. The summed E-state index contributed by atoms with van der Waals surface area (Å²) in [6, 6.07) is 11.6. The van der Waals surface area contributed by atoms with Crippen LogP contribution in [-0.4, -0.2) is 14.2 Å².